The van der Waals surface area contributed by atoms with E-state index in [-0.39, 0.29) is 0 Å². The van der Waals surface area contributed by atoms with E-state index in [0.717, 1.165) is 51.2 Å². The van der Waals surface area contributed by atoms with Crippen molar-refractivity contribution in [3.8, 4) is 0 Å². The molecule has 3 nitrogen and oxygen atoms in total. The second kappa shape index (κ2) is 10.9. The highest BCUT2D eigenvalue weighted by Crippen LogP contribution is 1.94. The van der Waals surface area contributed by atoms with E-state index >= 15 is 0 Å². The van der Waals surface area contributed by atoms with Crippen LogP contribution in [-0.4, -0.2) is 68.1 Å². The predicted octanol–water partition coefficient (Wildman–Crippen LogP) is 1.67. The van der Waals surface area contributed by atoms with Crippen LogP contribution in [0, 0.1) is 0 Å². The summed E-state index contributed by atoms with van der Waals surface area (Å²) in [5.41, 5.74) is 0. The van der Waals surface area contributed by atoms with Crippen LogP contribution in [0.1, 0.15) is 13.8 Å². The normalized spacial score (nSPS) is 11.6. The van der Waals surface area contributed by atoms with Crippen LogP contribution in [0.5, 0.6) is 0 Å². The van der Waals surface area contributed by atoms with E-state index in [1.165, 1.54) is 0 Å². The molecule has 0 rings (SSSR count). The maximum atomic E-state index is 5.11. The van der Waals surface area contributed by atoms with Crippen molar-refractivity contribution in [1.82, 2.24) is 9.80 Å². The van der Waals surface area contributed by atoms with Crippen molar-refractivity contribution in [2.24, 2.45) is 0 Å². The summed E-state index contributed by atoms with van der Waals surface area (Å²) < 4.78 is 5.11. The summed E-state index contributed by atoms with van der Waals surface area (Å²) in [5, 5.41) is 1.04. The van der Waals surface area contributed by atoms with Gasteiger partial charge in [0.1, 0.15) is 0 Å². The molecule has 15 heavy (non-hydrogen) atoms. The first kappa shape index (κ1) is 15.4. The van der Waals surface area contributed by atoms with Crippen LogP contribution in [0.15, 0.2) is 0 Å². The molecule has 0 aliphatic heterocycles. The number of ether oxygens (including phenoxy) is 1. The van der Waals surface area contributed by atoms with Crippen molar-refractivity contribution in [2.75, 3.05) is 58.3 Å². The van der Waals surface area contributed by atoms with Crippen molar-refractivity contribution in [3.63, 3.8) is 0 Å². The van der Waals surface area contributed by atoms with Crippen LogP contribution >= 0.6 is 15.9 Å². The minimum Gasteiger partial charge on any atom is -0.383 e. The highest BCUT2D eigenvalue weighted by atomic mass is 79.9. The van der Waals surface area contributed by atoms with E-state index in [9.17, 15) is 0 Å². The molecule has 0 saturated heterocycles. The zero-order valence-corrected chi connectivity index (χ0v) is 11.9. The lowest BCUT2D eigenvalue weighted by Gasteiger charge is -2.25. The Balaban J connectivity index is 3.72. The molecular formula is C11H25BrN2O. The van der Waals surface area contributed by atoms with Gasteiger partial charge >= 0.3 is 0 Å². The average Bonchev–Trinajstić information content (AvgIpc) is 2.27. The van der Waals surface area contributed by atoms with Crippen LogP contribution in [0.4, 0.5) is 0 Å². The number of hydrogen-bond donors (Lipinski definition) is 0. The van der Waals surface area contributed by atoms with Gasteiger partial charge in [-0.1, -0.05) is 29.8 Å². The Bertz CT molecular complexity index is 132. The summed E-state index contributed by atoms with van der Waals surface area (Å²) in [5.74, 6) is 0. The number of methoxy groups -OCH3 is 1. The van der Waals surface area contributed by atoms with Crippen molar-refractivity contribution >= 4 is 15.9 Å². The Kier molecular flexibility index (Phi) is 11.1. The van der Waals surface area contributed by atoms with Gasteiger partial charge in [-0.3, -0.25) is 4.90 Å². The maximum Gasteiger partial charge on any atom is 0.0589 e. The molecule has 0 N–H and O–H groups in total. The summed E-state index contributed by atoms with van der Waals surface area (Å²) in [6, 6.07) is 0. The largest absolute Gasteiger partial charge is 0.383 e. The smallest absolute Gasteiger partial charge is 0.0589 e. The van der Waals surface area contributed by atoms with Gasteiger partial charge in [0.2, 0.25) is 0 Å². The molecule has 0 amide bonds. The lowest BCUT2D eigenvalue weighted by Crippen LogP contribution is -2.37. The molecule has 0 spiro atoms. The van der Waals surface area contributed by atoms with Gasteiger partial charge in [0, 0.05) is 38.6 Å². The van der Waals surface area contributed by atoms with Gasteiger partial charge in [-0.2, -0.15) is 0 Å². The molecule has 92 valence electrons. The Hall–Kier alpha value is 0.360. The number of alkyl halides is 1. The number of halogens is 1. The first-order valence-corrected chi connectivity index (χ1v) is 6.90. The summed E-state index contributed by atoms with van der Waals surface area (Å²) >= 11 is 3.49. The quantitative estimate of drug-likeness (QED) is 0.567. The van der Waals surface area contributed by atoms with Crippen molar-refractivity contribution < 1.29 is 4.74 Å². The summed E-state index contributed by atoms with van der Waals surface area (Å²) in [7, 11) is 1.76. The number of hydrogen-bond acceptors (Lipinski definition) is 3. The van der Waals surface area contributed by atoms with E-state index in [0.29, 0.717) is 0 Å². The van der Waals surface area contributed by atoms with Gasteiger partial charge in [0.05, 0.1) is 6.61 Å². The Morgan fingerprint density at radius 1 is 0.933 bits per heavy atom. The Morgan fingerprint density at radius 2 is 1.53 bits per heavy atom. The molecular weight excluding hydrogens is 256 g/mol. The summed E-state index contributed by atoms with van der Waals surface area (Å²) in [6.07, 6.45) is 0. The van der Waals surface area contributed by atoms with Crippen molar-refractivity contribution in [3.05, 3.63) is 0 Å². The highest BCUT2D eigenvalue weighted by Gasteiger charge is 2.05. The van der Waals surface area contributed by atoms with Crippen LogP contribution < -0.4 is 0 Å². The van der Waals surface area contributed by atoms with Gasteiger partial charge in [-0.05, 0) is 13.1 Å². The van der Waals surface area contributed by atoms with E-state index < -0.39 is 0 Å². The number of rotatable bonds is 10. The standard InChI is InChI=1S/C11H25BrN2O/c1-4-13(5-2)8-9-14(7-6-12)10-11-15-3/h4-11H2,1-3H3. The van der Waals surface area contributed by atoms with E-state index in [1.807, 2.05) is 0 Å². The molecule has 0 bridgehead atoms. The summed E-state index contributed by atoms with van der Waals surface area (Å²) in [4.78, 5) is 4.89. The predicted molar refractivity (Wildman–Crippen MR) is 69.9 cm³/mol. The monoisotopic (exact) mass is 280 g/mol. The number of nitrogens with zero attached hydrogens (tertiary/aromatic N) is 2. The molecule has 0 aromatic heterocycles. The van der Waals surface area contributed by atoms with Crippen molar-refractivity contribution in [2.45, 2.75) is 13.8 Å². The van der Waals surface area contributed by atoms with Gasteiger partial charge in [0.15, 0.2) is 0 Å². The van der Waals surface area contributed by atoms with Crippen LogP contribution in [0.25, 0.3) is 0 Å². The molecule has 0 aliphatic rings. The number of likely N-dealkylation sites (N-methyl/N-ethyl adjacent to an activating group) is 1. The van der Waals surface area contributed by atoms with Crippen LogP contribution in [0.3, 0.4) is 0 Å². The minimum absolute atomic E-state index is 0.825. The molecule has 0 aromatic rings. The third-order valence-corrected chi connectivity index (χ3v) is 2.99. The van der Waals surface area contributed by atoms with Crippen molar-refractivity contribution in [1.29, 1.82) is 0 Å². The second-order valence-electron chi connectivity index (χ2n) is 3.55. The third-order valence-electron chi connectivity index (χ3n) is 2.64. The molecule has 0 aromatic carbocycles. The van der Waals surface area contributed by atoms with Gasteiger partial charge in [-0.15, -0.1) is 0 Å². The zero-order valence-electron chi connectivity index (χ0n) is 10.3. The lowest BCUT2D eigenvalue weighted by molar-refractivity contribution is 0.142. The molecule has 4 heteroatoms. The Labute approximate surface area is 103 Å². The Morgan fingerprint density at radius 3 is 2.00 bits per heavy atom. The molecule has 0 aliphatic carbocycles. The topological polar surface area (TPSA) is 15.7 Å². The molecule has 0 unspecified atom stereocenters. The molecule has 0 radical (unpaired) electrons. The zero-order chi connectivity index (χ0) is 11.5. The van der Waals surface area contributed by atoms with Gasteiger partial charge < -0.3 is 9.64 Å². The van der Waals surface area contributed by atoms with E-state index in [4.69, 9.17) is 4.74 Å². The molecule has 0 atom stereocenters. The lowest BCUT2D eigenvalue weighted by atomic mass is 10.4. The fraction of sp³-hybridized carbons (Fsp3) is 1.00. The van der Waals surface area contributed by atoms with Crippen LogP contribution in [-0.2, 0) is 4.74 Å². The fourth-order valence-corrected chi connectivity index (χ4v) is 2.00. The SMILES string of the molecule is CCN(CC)CCN(CCBr)CCOC. The average molecular weight is 281 g/mol. The van der Waals surface area contributed by atoms with Crippen LogP contribution in [0.2, 0.25) is 0 Å². The highest BCUT2D eigenvalue weighted by molar-refractivity contribution is 9.09. The second-order valence-corrected chi connectivity index (χ2v) is 4.34. The van der Waals surface area contributed by atoms with Gasteiger partial charge in [0.25, 0.3) is 0 Å². The molecule has 0 heterocycles. The first-order chi connectivity index (χ1) is 7.28. The first-order valence-electron chi connectivity index (χ1n) is 5.78. The van der Waals surface area contributed by atoms with Gasteiger partial charge in [-0.25, -0.2) is 0 Å². The van der Waals surface area contributed by atoms with E-state index in [1.54, 1.807) is 7.11 Å². The molecule has 0 saturated carbocycles. The minimum atomic E-state index is 0.825. The maximum absolute atomic E-state index is 5.11. The third kappa shape index (κ3) is 8.20. The summed E-state index contributed by atoms with van der Waals surface area (Å²) in [6.45, 7) is 12.0. The molecule has 0 fully saturated rings. The van der Waals surface area contributed by atoms with E-state index in [2.05, 4.69) is 39.6 Å². The fourth-order valence-electron chi connectivity index (χ4n) is 1.50.